The largest absolute Gasteiger partial charge is 0.496 e. The van der Waals surface area contributed by atoms with Crippen LogP contribution in [0, 0.1) is 0 Å². The molecule has 0 bridgehead atoms. The highest BCUT2D eigenvalue weighted by Gasteiger charge is 2.10. The van der Waals surface area contributed by atoms with E-state index in [2.05, 4.69) is 0 Å². The maximum absolute atomic E-state index is 6.11. The summed E-state index contributed by atoms with van der Waals surface area (Å²) in [6.07, 6.45) is 5.69. The van der Waals surface area contributed by atoms with E-state index in [9.17, 15) is 0 Å². The normalized spacial score (nSPS) is 14.6. The third kappa shape index (κ3) is 4.17. The van der Waals surface area contributed by atoms with E-state index in [-0.39, 0.29) is 0 Å². The average Bonchev–Trinajstić information content (AvgIpc) is 2.45. The van der Waals surface area contributed by atoms with Crippen molar-refractivity contribution < 1.29 is 9.47 Å². The van der Waals surface area contributed by atoms with Crippen LogP contribution in [0.2, 0.25) is 10.0 Å². The highest BCUT2D eigenvalue weighted by molar-refractivity contribution is 6.35. The molecule has 1 aliphatic carbocycles. The van der Waals surface area contributed by atoms with Gasteiger partial charge in [-0.1, -0.05) is 29.3 Å². The summed E-state index contributed by atoms with van der Waals surface area (Å²) >= 11 is 12.2. The lowest BCUT2D eigenvalue weighted by molar-refractivity contribution is 0.185. The summed E-state index contributed by atoms with van der Waals surface area (Å²) in [7, 11) is 0. The van der Waals surface area contributed by atoms with Gasteiger partial charge in [0, 0.05) is 34.7 Å². The summed E-state index contributed by atoms with van der Waals surface area (Å²) in [6, 6.07) is 5.41. The van der Waals surface area contributed by atoms with Gasteiger partial charge in [-0.25, -0.2) is 0 Å². The number of hydrogen-bond donors (Lipinski definition) is 1. The molecule has 0 fully saturated rings. The Balaban J connectivity index is 1.97. The van der Waals surface area contributed by atoms with Crippen molar-refractivity contribution in [1.29, 1.82) is 0 Å². The molecule has 2 rings (SSSR count). The Kier molecular flexibility index (Phi) is 5.77. The quantitative estimate of drug-likeness (QED) is 0.861. The van der Waals surface area contributed by atoms with Crippen molar-refractivity contribution in [2.45, 2.75) is 19.4 Å². The van der Waals surface area contributed by atoms with E-state index in [0.29, 0.717) is 29.8 Å². The first-order valence-electron chi connectivity index (χ1n) is 6.50. The van der Waals surface area contributed by atoms with Gasteiger partial charge < -0.3 is 15.2 Å². The van der Waals surface area contributed by atoms with Gasteiger partial charge in [-0.05, 0) is 24.6 Å². The average molecular weight is 314 g/mol. The van der Waals surface area contributed by atoms with E-state index in [1.54, 1.807) is 12.1 Å². The fraction of sp³-hybridized carbons (Fsp3) is 0.333. The summed E-state index contributed by atoms with van der Waals surface area (Å²) < 4.78 is 11.3. The van der Waals surface area contributed by atoms with E-state index < -0.39 is 0 Å². The molecule has 0 unspecified atom stereocenters. The Labute approximate surface area is 129 Å². The fourth-order valence-corrected chi connectivity index (χ4v) is 2.38. The van der Waals surface area contributed by atoms with Crippen molar-refractivity contribution in [3.05, 3.63) is 57.5 Å². The van der Waals surface area contributed by atoms with Gasteiger partial charge >= 0.3 is 0 Å². The van der Waals surface area contributed by atoms with Crippen molar-refractivity contribution >= 4 is 23.2 Å². The topological polar surface area (TPSA) is 44.5 Å². The second-order valence-corrected chi connectivity index (χ2v) is 5.20. The lowest BCUT2D eigenvalue weighted by Gasteiger charge is -2.16. The molecule has 0 atom stereocenters. The maximum Gasteiger partial charge on any atom is 0.119 e. The molecule has 0 aromatic heterocycles. The minimum absolute atomic E-state index is 0.338. The Morgan fingerprint density at radius 1 is 1.15 bits per heavy atom. The van der Waals surface area contributed by atoms with Gasteiger partial charge in [0.2, 0.25) is 0 Å². The molecular formula is C15H17Cl2NO2. The van der Waals surface area contributed by atoms with Crippen LogP contribution in [-0.4, -0.2) is 13.2 Å². The highest BCUT2D eigenvalue weighted by atomic mass is 35.5. The van der Waals surface area contributed by atoms with Crippen molar-refractivity contribution in [3.8, 4) is 0 Å². The standard InChI is InChI=1S/C15H17Cl2NO2/c16-14-5-2-6-15(17)13(14)10-20-12-4-1-3-11(9-12)19-8-7-18/h2,4-6,9H,1,3,7-8,10,18H2. The molecule has 0 radical (unpaired) electrons. The highest BCUT2D eigenvalue weighted by Crippen LogP contribution is 2.27. The van der Waals surface area contributed by atoms with Gasteiger partial charge in [0.05, 0.1) is 12.4 Å². The van der Waals surface area contributed by atoms with Gasteiger partial charge in [0.25, 0.3) is 0 Å². The molecule has 0 heterocycles. The Morgan fingerprint density at radius 3 is 2.60 bits per heavy atom. The number of allylic oxidation sites excluding steroid dienone is 3. The summed E-state index contributed by atoms with van der Waals surface area (Å²) in [6.45, 7) is 1.37. The Morgan fingerprint density at radius 2 is 1.90 bits per heavy atom. The van der Waals surface area contributed by atoms with Crippen LogP contribution >= 0.6 is 23.2 Å². The van der Waals surface area contributed by atoms with E-state index in [1.807, 2.05) is 18.2 Å². The van der Waals surface area contributed by atoms with Crippen LogP contribution in [0.3, 0.4) is 0 Å². The van der Waals surface area contributed by atoms with Crippen LogP contribution in [0.4, 0.5) is 0 Å². The first-order valence-corrected chi connectivity index (χ1v) is 7.25. The van der Waals surface area contributed by atoms with Crippen LogP contribution in [-0.2, 0) is 16.1 Å². The summed E-state index contributed by atoms with van der Waals surface area (Å²) in [5.74, 6) is 1.68. The molecule has 1 aromatic rings. The molecule has 3 nitrogen and oxygen atoms in total. The van der Waals surface area contributed by atoms with Gasteiger partial charge in [0.1, 0.15) is 12.4 Å². The molecule has 2 N–H and O–H groups in total. The minimum atomic E-state index is 0.338. The van der Waals surface area contributed by atoms with Crippen molar-refractivity contribution in [3.63, 3.8) is 0 Å². The Bertz CT molecular complexity index is 506. The van der Waals surface area contributed by atoms with E-state index in [0.717, 1.165) is 29.9 Å². The van der Waals surface area contributed by atoms with E-state index >= 15 is 0 Å². The zero-order valence-electron chi connectivity index (χ0n) is 11.1. The summed E-state index contributed by atoms with van der Waals surface area (Å²) in [5.41, 5.74) is 6.21. The van der Waals surface area contributed by atoms with E-state index in [1.165, 1.54) is 0 Å². The lowest BCUT2D eigenvalue weighted by atomic mass is 10.1. The van der Waals surface area contributed by atoms with Crippen LogP contribution < -0.4 is 5.73 Å². The SMILES string of the molecule is NCCOC1=CC(OCc2c(Cl)cccc2Cl)=CCC1. The molecular weight excluding hydrogens is 297 g/mol. The Hall–Kier alpha value is -1.16. The number of hydrogen-bond acceptors (Lipinski definition) is 3. The predicted molar refractivity (Wildman–Crippen MR) is 81.7 cm³/mol. The first kappa shape index (κ1) is 15.2. The van der Waals surface area contributed by atoms with Gasteiger partial charge in [-0.15, -0.1) is 0 Å². The first-order chi connectivity index (χ1) is 9.70. The lowest BCUT2D eigenvalue weighted by Crippen LogP contribution is -2.09. The number of benzene rings is 1. The zero-order valence-corrected chi connectivity index (χ0v) is 12.6. The third-order valence-electron chi connectivity index (χ3n) is 2.89. The number of nitrogens with two attached hydrogens (primary N) is 1. The smallest absolute Gasteiger partial charge is 0.119 e. The van der Waals surface area contributed by atoms with Crippen LogP contribution in [0.25, 0.3) is 0 Å². The summed E-state index contributed by atoms with van der Waals surface area (Å²) in [5, 5.41) is 1.22. The molecule has 0 saturated heterocycles. The third-order valence-corrected chi connectivity index (χ3v) is 3.60. The van der Waals surface area contributed by atoms with Crippen molar-refractivity contribution in [2.24, 2.45) is 5.73 Å². The van der Waals surface area contributed by atoms with Crippen molar-refractivity contribution in [1.82, 2.24) is 0 Å². The molecule has 108 valence electrons. The molecule has 0 saturated carbocycles. The van der Waals surface area contributed by atoms with E-state index in [4.69, 9.17) is 38.4 Å². The monoisotopic (exact) mass is 313 g/mol. The molecule has 1 aromatic carbocycles. The molecule has 0 aliphatic heterocycles. The fourth-order valence-electron chi connectivity index (χ4n) is 1.88. The van der Waals surface area contributed by atoms with Crippen LogP contribution in [0.15, 0.2) is 41.9 Å². The molecule has 5 heteroatoms. The van der Waals surface area contributed by atoms with Gasteiger partial charge in [-0.3, -0.25) is 0 Å². The number of rotatable bonds is 6. The predicted octanol–water partition coefficient (Wildman–Crippen LogP) is 4.05. The molecule has 1 aliphatic rings. The van der Waals surface area contributed by atoms with Crippen LogP contribution in [0.5, 0.6) is 0 Å². The molecule has 0 amide bonds. The second-order valence-electron chi connectivity index (χ2n) is 4.38. The summed E-state index contributed by atoms with van der Waals surface area (Å²) in [4.78, 5) is 0. The minimum Gasteiger partial charge on any atom is -0.496 e. The van der Waals surface area contributed by atoms with Gasteiger partial charge in [-0.2, -0.15) is 0 Å². The van der Waals surface area contributed by atoms with Gasteiger partial charge in [0.15, 0.2) is 0 Å². The number of halogens is 2. The number of ether oxygens (including phenoxy) is 2. The maximum atomic E-state index is 6.11. The zero-order chi connectivity index (χ0) is 14.4. The van der Waals surface area contributed by atoms with Crippen molar-refractivity contribution in [2.75, 3.05) is 13.2 Å². The van der Waals surface area contributed by atoms with Crippen LogP contribution in [0.1, 0.15) is 18.4 Å². The second kappa shape index (κ2) is 7.58. The molecule has 0 spiro atoms. The molecule has 20 heavy (non-hydrogen) atoms.